The van der Waals surface area contributed by atoms with Gasteiger partial charge in [0.05, 0.1) is 12.6 Å². The number of rotatable bonds is 5. The zero-order valence-electron chi connectivity index (χ0n) is 13.4. The molecule has 4 heteroatoms. The Bertz CT molecular complexity index is 346. The van der Waals surface area contributed by atoms with Crippen molar-refractivity contribution in [3.63, 3.8) is 0 Å². The quantitative estimate of drug-likeness (QED) is 0.787. The summed E-state index contributed by atoms with van der Waals surface area (Å²) in [4.78, 5) is 14.2. The van der Waals surface area contributed by atoms with E-state index >= 15 is 0 Å². The minimum atomic E-state index is 0.181. The van der Waals surface area contributed by atoms with E-state index in [1.807, 2.05) is 0 Å². The molecule has 1 unspecified atom stereocenters. The van der Waals surface area contributed by atoms with Crippen LogP contribution in [0.1, 0.15) is 53.4 Å². The lowest BCUT2D eigenvalue weighted by atomic mass is 9.84. The molecule has 1 N–H and O–H groups in total. The van der Waals surface area contributed by atoms with Gasteiger partial charge < -0.3 is 5.32 Å². The van der Waals surface area contributed by atoms with Gasteiger partial charge in [-0.15, -0.1) is 0 Å². The molecule has 0 aromatic heterocycles. The van der Waals surface area contributed by atoms with Gasteiger partial charge in [-0.25, -0.2) is 0 Å². The summed E-state index contributed by atoms with van der Waals surface area (Å²) in [5, 5.41) is 11.8. The Morgan fingerprint density at radius 3 is 2.50 bits per heavy atom. The predicted molar refractivity (Wildman–Crippen MR) is 81.1 cm³/mol. The summed E-state index contributed by atoms with van der Waals surface area (Å²) in [6.45, 7) is 11.1. The molecule has 1 heterocycles. The summed E-state index contributed by atoms with van der Waals surface area (Å²) in [6.07, 6.45) is 3.61. The van der Waals surface area contributed by atoms with E-state index in [4.69, 9.17) is 5.26 Å². The van der Waals surface area contributed by atoms with Gasteiger partial charge in [0, 0.05) is 25.6 Å². The van der Waals surface area contributed by atoms with E-state index in [9.17, 15) is 4.79 Å². The summed E-state index contributed by atoms with van der Waals surface area (Å²) in [5.74, 6) is 0.606. The first-order chi connectivity index (χ1) is 9.30. The standard InChI is InChI=1S/C16H29N3O/c1-13(12-16(2,3)4)11-15(20)18-14-5-8-19(9-6-14)10-7-17/h13-14H,5-6,8-12H2,1-4H3,(H,18,20). The maximum atomic E-state index is 12.0. The molecule has 20 heavy (non-hydrogen) atoms. The molecular weight excluding hydrogens is 250 g/mol. The second-order valence-electron chi connectivity index (χ2n) is 7.35. The molecule has 1 aliphatic rings. The van der Waals surface area contributed by atoms with Crippen LogP contribution in [0.15, 0.2) is 0 Å². The van der Waals surface area contributed by atoms with Gasteiger partial charge in [0.2, 0.25) is 5.91 Å². The van der Waals surface area contributed by atoms with Crippen molar-refractivity contribution in [2.24, 2.45) is 11.3 Å². The molecule has 1 saturated heterocycles. The molecule has 4 nitrogen and oxygen atoms in total. The van der Waals surface area contributed by atoms with Gasteiger partial charge in [-0.2, -0.15) is 5.26 Å². The van der Waals surface area contributed by atoms with Gasteiger partial charge in [0.1, 0.15) is 0 Å². The van der Waals surface area contributed by atoms with Gasteiger partial charge in [-0.05, 0) is 30.6 Å². The highest BCUT2D eigenvalue weighted by Crippen LogP contribution is 2.25. The summed E-state index contributed by atoms with van der Waals surface area (Å²) in [7, 11) is 0. The molecular formula is C16H29N3O. The number of nitriles is 1. The number of piperidine rings is 1. The van der Waals surface area contributed by atoms with E-state index in [0.29, 0.717) is 24.9 Å². The van der Waals surface area contributed by atoms with Crippen LogP contribution in [0.25, 0.3) is 0 Å². The van der Waals surface area contributed by atoms with Crippen molar-refractivity contribution in [1.82, 2.24) is 10.2 Å². The molecule has 0 radical (unpaired) electrons. The summed E-state index contributed by atoms with van der Waals surface area (Å²) >= 11 is 0. The first-order valence-electron chi connectivity index (χ1n) is 7.69. The number of amides is 1. The third-order valence-electron chi connectivity index (χ3n) is 3.74. The normalized spacial score (nSPS) is 19.4. The van der Waals surface area contributed by atoms with Crippen molar-refractivity contribution in [2.75, 3.05) is 19.6 Å². The molecule has 0 bridgehead atoms. The fourth-order valence-corrected chi connectivity index (χ4v) is 3.06. The Balaban J connectivity index is 2.25. The molecule has 0 aromatic rings. The SMILES string of the molecule is CC(CC(=O)NC1CCN(CC#N)CC1)CC(C)(C)C. The van der Waals surface area contributed by atoms with E-state index < -0.39 is 0 Å². The number of nitrogens with zero attached hydrogens (tertiary/aromatic N) is 2. The molecule has 0 aliphatic carbocycles. The number of carbonyl (C=O) groups is 1. The highest BCUT2D eigenvalue weighted by molar-refractivity contribution is 5.76. The zero-order chi connectivity index (χ0) is 15.2. The molecule has 0 aromatic carbocycles. The topological polar surface area (TPSA) is 56.1 Å². The maximum absolute atomic E-state index is 12.0. The largest absolute Gasteiger partial charge is 0.353 e. The Hall–Kier alpha value is -1.08. The van der Waals surface area contributed by atoms with Gasteiger partial charge in [-0.1, -0.05) is 27.7 Å². The summed E-state index contributed by atoms with van der Waals surface area (Å²) in [6, 6.07) is 2.47. The second kappa shape index (κ2) is 7.64. The monoisotopic (exact) mass is 279 g/mol. The average Bonchev–Trinajstić information content (AvgIpc) is 2.29. The van der Waals surface area contributed by atoms with Crippen molar-refractivity contribution >= 4 is 5.91 Å². The Morgan fingerprint density at radius 2 is 2.00 bits per heavy atom. The van der Waals surface area contributed by atoms with Crippen LogP contribution in [-0.2, 0) is 4.79 Å². The smallest absolute Gasteiger partial charge is 0.220 e. The summed E-state index contributed by atoms with van der Waals surface area (Å²) < 4.78 is 0. The van der Waals surface area contributed by atoms with Crippen molar-refractivity contribution < 1.29 is 4.79 Å². The third kappa shape index (κ3) is 6.91. The van der Waals surface area contributed by atoms with E-state index in [1.54, 1.807) is 0 Å². The molecule has 1 atom stereocenters. The summed E-state index contributed by atoms with van der Waals surface area (Å²) in [5.41, 5.74) is 0.280. The van der Waals surface area contributed by atoms with Crippen LogP contribution in [0, 0.1) is 22.7 Å². The first kappa shape index (κ1) is 17.0. The molecule has 0 saturated carbocycles. The van der Waals surface area contributed by atoms with Crippen LogP contribution >= 0.6 is 0 Å². The molecule has 1 rings (SSSR count). The number of nitrogens with one attached hydrogen (secondary N) is 1. The molecule has 0 spiro atoms. The number of hydrogen-bond donors (Lipinski definition) is 1. The van der Waals surface area contributed by atoms with Crippen LogP contribution in [0.2, 0.25) is 0 Å². The van der Waals surface area contributed by atoms with Gasteiger partial charge in [-0.3, -0.25) is 9.69 Å². The van der Waals surface area contributed by atoms with E-state index in [0.717, 1.165) is 32.4 Å². The molecule has 114 valence electrons. The van der Waals surface area contributed by atoms with Crippen molar-refractivity contribution in [3.05, 3.63) is 0 Å². The van der Waals surface area contributed by atoms with Crippen LogP contribution in [-0.4, -0.2) is 36.5 Å². The minimum absolute atomic E-state index is 0.181. The lowest BCUT2D eigenvalue weighted by Gasteiger charge is -2.31. The van der Waals surface area contributed by atoms with Crippen LogP contribution < -0.4 is 5.32 Å². The predicted octanol–water partition coefficient (Wildman–Crippen LogP) is 2.55. The van der Waals surface area contributed by atoms with Gasteiger partial charge in [0.15, 0.2) is 0 Å². The number of carbonyl (C=O) groups excluding carboxylic acids is 1. The number of hydrogen-bond acceptors (Lipinski definition) is 3. The fourth-order valence-electron chi connectivity index (χ4n) is 3.06. The Kier molecular flexibility index (Phi) is 6.48. The highest BCUT2D eigenvalue weighted by atomic mass is 16.1. The average molecular weight is 279 g/mol. The fraction of sp³-hybridized carbons (Fsp3) is 0.875. The lowest BCUT2D eigenvalue weighted by molar-refractivity contribution is -0.123. The number of likely N-dealkylation sites (tertiary alicyclic amines) is 1. The first-order valence-corrected chi connectivity index (χ1v) is 7.69. The highest BCUT2D eigenvalue weighted by Gasteiger charge is 2.22. The maximum Gasteiger partial charge on any atom is 0.220 e. The van der Waals surface area contributed by atoms with Gasteiger partial charge >= 0.3 is 0 Å². The lowest BCUT2D eigenvalue weighted by Crippen LogP contribution is -2.45. The van der Waals surface area contributed by atoms with E-state index in [2.05, 4.69) is 44.0 Å². The van der Waals surface area contributed by atoms with E-state index in [-0.39, 0.29) is 11.3 Å². The van der Waals surface area contributed by atoms with Crippen molar-refractivity contribution in [3.8, 4) is 6.07 Å². The van der Waals surface area contributed by atoms with E-state index in [1.165, 1.54) is 0 Å². The molecule has 1 amide bonds. The molecule has 1 fully saturated rings. The van der Waals surface area contributed by atoms with Gasteiger partial charge in [0.25, 0.3) is 0 Å². The second-order valence-corrected chi connectivity index (χ2v) is 7.35. The zero-order valence-corrected chi connectivity index (χ0v) is 13.4. The van der Waals surface area contributed by atoms with Crippen LogP contribution in [0.5, 0.6) is 0 Å². The molecule has 1 aliphatic heterocycles. The Labute approximate surface area is 123 Å². The van der Waals surface area contributed by atoms with Crippen LogP contribution in [0.4, 0.5) is 0 Å². The van der Waals surface area contributed by atoms with Crippen molar-refractivity contribution in [2.45, 2.75) is 59.4 Å². The van der Waals surface area contributed by atoms with Crippen molar-refractivity contribution in [1.29, 1.82) is 5.26 Å². The third-order valence-corrected chi connectivity index (χ3v) is 3.74. The Morgan fingerprint density at radius 1 is 1.40 bits per heavy atom. The minimum Gasteiger partial charge on any atom is -0.353 e. The van der Waals surface area contributed by atoms with Crippen LogP contribution in [0.3, 0.4) is 0 Å².